The van der Waals surface area contributed by atoms with Crippen LogP contribution < -0.4 is 5.46 Å². The third kappa shape index (κ3) is 2.28. The van der Waals surface area contributed by atoms with Crippen molar-refractivity contribution in [2.75, 3.05) is 0 Å². The summed E-state index contributed by atoms with van der Waals surface area (Å²) in [5.74, 6) is -8.51. The third-order valence-corrected chi connectivity index (χ3v) is 1.93. The fraction of sp³-hybridized carbons (Fsp3) is 0.250. The Balaban J connectivity index is 3.83. The SMILES string of the molecule is [B]c1c(C(F)(F)F)c(F)c(F)c(F)c1C(F)(F)F. The first kappa shape index (κ1) is 14.7. The van der Waals surface area contributed by atoms with Crippen molar-refractivity contribution in [3.63, 3.8) is 0 Å². The molecule has 0 saturated carbocycles. The van der Waals surface area contributed by atoms with E-state index in [4.69, 9.17) is 0 Å². The van der Waals surface area contributed by atoms with Crippen LogP contribution in [-0.4, -0.2) is 7.85 Å². The zero-order chi connectivity index (χ0) is 14.5. The van der Waals surface area contributed by atoms with Gasteiger partial charge in [-0.1, -0.05) is 5.46 Å². The predicted octanol–water partition coefficient (Wildman–Crippen LogP) is 2.94. The van der Waals surface area contributed by atoms with Crippen LogP contribution in [0, 0.1) is 17.5 Å². The van der Waals surface area contributed by atoms with E-state index in [0.717, 1.165) is 0 Å². The molecular weight excluding hydrogens is 278 g/mol. The van der Waals surface area contributed by atoms with Gasteiger partial charge in [-0.15, -0.1) is 0 Å². The van der Waals surface area contributed by atoms with Gasteiger partial charge in [0.15, 0.2) is 17.5 Å². The first-order valence-electron chi connectivity index (χ1n) is 3.99. The molecular formula is C8BF9. The van der Waals surface area contributed by atoms with Crippen molar-refractivity contribution < 1.29 is 39.5 Å². The molecule has 18 heavy (non-hydrogen) atoms. The summed E-state index contributed by atoms with van der Waals surface area (Å²) in [4.78, 5) is 0. The highest BCUT2D eigenvalue weighted by molar-refractivity contribution is 6.34. The van der Waals surface area contributed by atoms with Crippen molar-refractivity contribution in [1.29, 1.82) is 0 Å². The van der Waals surface area contributed by atoms with Crippen LogP contribution in [0.1, 0.15) is 11.1 Å². The molecule has 0 unspecified atom stereocenters. The van der Waals surface area contributed by atoms with Gasteiger partial charge in [0, 0.05) is 0 Å². The average Bonchev–Trinajstić information content (AvgIpc) is 2.09. The molecule has 98 valence electrons. The predicted molar refractivity (Wildman–Crippen MR) is 41.7 cm³/mol. The van der Waals surface area contributed by atoms with E-state index in [9.17, 15) is 39.5 Å². The van der Waals surface area contributed by atoms with Gasteiger partial charge in [-0.05, 0) is 0 Å². The van der Waals surface area contributed by atoms with Gasteiger partial charge in [-0.3, -0.25) is 0 Å². The lowest BCUT2D eigenvalue weighted by atomic mass is 9.84. The van der Waals surface area contributed by atoms with Crippen molar-refractivity contribution in [2.45, 2.75) is 12.4 Å². The van der Waals surface area contributed by atoms with Crippen LogP contribution in [0.25, 0.3) is 0 Å². The molecule has 0 aromatic heterocycles. The summed E-state index contributed by atoms with van der Waals surface area (Å²) < 4.78 is 112. The highest BCUT2D eigenvalue weighted by atomic mass is 19.4. The highest BCUT2D eigenvalue weighted by Gasteiger charge is 2.45. The lowest BCUT2D eigenvalue weighted by molar-refractivity contribution is -0.144. The summed E-state index contributed by atoms with van der Waals surface area (Å²) in [6.45, 7) is 0. The maximum absolute atomic E-state index is 12.8. The summed E-state index contributed by atoms with van der Waals surface area (Å²) in [6, 6.07) is 0. The third-order valence-electron chi connectivity index (χ3n) is 1.93. The fourth-order valence-corrected chi connectivity index (χ4v) is 1.23. The van der Waals surface area contributed by atoms with Crippen LogP contribution in [0.15, 0.2) is 0 Å². The second kappa shape index (κ2) is 4.09. The van der Waals surface area contributed by atoms with E-state index in [1.807, 2.05) is 0 Å². The van der Waals surface area contributed by atoms with E-state index in [-0.39, 0.29) is 0 Å². The number of halogens is 9. The Morgan fingerprint density at radius 1 is 0.611 bits per heavy atom. The van der Waals surface area contributed by atoms with Crippen LogP contribution in [0.4, 0.5) is 39.5 Å². The quantitative estimate of drug-likeness (QED) is 0.389. The largest absolute Gasteiger partial charge is 0.418 e. The van der Waals surface area contributed by atoms with Gasteiger partial charge < -0.3 is 0 Å². The van der Waals surface area contributed by atoms with E-state index in [0.29, 0.717) is 0 Å². The lowest BCUT2D eigenvalue weighted by Crippen LogP contribution is -2.32. The fourth-order valence-electron chi connectivity index (χ4n) is 1.23. The second-order valence-corrected chi connectivity index (χ2v) is 3.10. The van der Waals surface area contributed by atoms with Crippen molar-refractivity contribution >= 4 is 13.3 Å². The van der Waals surface area contributed by atoms with Gasteiger partial charge in [0.2, 0.25) is 0 Å². The van der Waals surface area contributed by atoms with Crippen molar-refractivity contribution in [1.82, 2.24) is 0 Å². The molecule has 1 aromatic carbocycles. The first-order valence-corrected chi connectivity index (χ1v) is 3.99. The molecule has 1 rings (SSSR count). The number of rotatable bonds is 0. The van der Waals surface area contributed by atoms with Crippen molar-refractivity contribution in [3.8, 4) is 0 Å². The van der Waals surface area contributed by atoms with Crippen molar-refractivity contribution in [3.05, 3.63) is 28.6 Å². The molecule has 0 saturated heterocycles. The van der Waals surface area contributed by atoms with Crippen LogP contribution in [-0.2, 0) is 12.4 Å². The van der Waals surface area contributed by atoms with Gasteiger partial charge in [-0.2, -0.15) is 26.3 Å². The number of hydrogen-bond acceptors (Lipinski definition) is 0. The summed E-state index contributed by atoms with van der Waals surface area (Å²) in [5.41, 5.74) is -7.62. The molecule has 10 heteroatoms. The molecule has 0 atom stereocenters. The Labute approximate surface area is 94.8 Å². The minimum absolute atomic E-state index is 2.24. The zero-order valence-electron chi connectivity index (χ0n) is 7.98. The van der Waals surface area contributed by atoms with E-state index in [2.05, 4.69) is 7.85 Å². The van der Waals surface area contributed by atoms with E-state index in [1.165, 1.54) is 0 Å². The Morgan fingerprint density at radius 3 is 1.11 bits per heavy atom. The molecule has 0 amide bonds. The molecule has 0 aliphatic carbocycles. The van der Waals surface area contributed by atoms with Crippen LogP contribution in [0.5, 0.6) is 0 Å². The molecule has 0 aliphatic heterocycles. The van der Waals surface area contributed by atoms with Crippen LogP contribution >= 0.6 is 0 Å². The Morgan fingerprint density at radius 2 is 0.889 bits per heavy atom. The highest BCUT2D eigenvalue weighted by Crippen LogP contribution is 2.37. The van der Waals surface area contributed by atoms with Gasteiger partial charge in [0.05, 0.1) is 11.1 Å². The maximum Gasteiger partial charge on any atom is 0.418 e. The number of alkyl halides is 6. The lowest BCUT2D eigenvalue weighted by Gasteiger charge is -2.18. The van der Waals surface area contributed by atoms with E-state index in [1.54, 1.807) is 0 Å². The molecule has 0 aliphatic rings. The van der Waals surface area contributed by atoms with Gasteiger partial charge in [0.25, 0.3) is 0 Å². The topological polar surface area (TPSA) is 0 Å². The Kier molecular flexibility index (Phi) is 3.35. The molecule has 2 radical (unpaired) electrons. The second-order valence-electron chi connectivity index (χ2n) is 3.10. The minimum Gasteiger partial charge on any atom is -0.203 e. The van der Waals surface area contributed by atoms with E-state index < -0.39 is 46.4 Å². The minimum atomic E-state index is -5.69. The van der Waals surface area contributed by atoms with Crippen molar-refractivity contribution in [2.24, 2.45) is 0 Å². The summed E-state index contributed by atoms with van der Waals surface area (Å²) in [6.07, 6.45) is -11.4. The average molecular weight is 278 g/mol. The molecule has 0 heterocycles. The maximum atomic E-state index is 12.8. The smallest absolute Gasteiger partial charge is 0.203 e. The number of benzene rings is 1. The normalized spacial score (nSPS) is 12.9. The van der Waals surface area contributed by atoms with Gasteiger partial charge >= 0.3 is 12.4 Å². The van der Waals surface area contributed by atoms with Crippen LogP contribution in [0.3, 0.4) is 0 Å². The molecule has 0 spiro atoms. The molecule has 0 nitrogen and oxygen atoms in total. The molecule has 1 aromatic rings. The van der Waals surface area contributed by atoms with Crippen LogP contribution in [0.2, 0.25) is 0 Å². The molecule has 0 fully saturated rings. The van der Waals surface area contributed by atoms with Gasteiger partial charge in [-0.25, -0.2) is 13.2 Å². The Hall–Kier alpha value is -1.35. The summed E-state index contributed by atoms with van der Waals surface area (Å²) >= 11 is 0. The van der Waals surface area contributed by atoms with Gasteiger partial charge in [0.1, 0.15) is 7.85 Å². The number of hydrogen-bond donors (Lipinski definition) is 0. The molecule has 0 N–H and O–H groups in total. The van der Waals surface area contributed by atoms with E-state index >= 15 is 0 Å². The summed E-state index contributed by atoms with van der Waals surface area (Å²) in [7, 11) is 4.44. The standard InChI is InChI=1S/C8BF9/c9-3-1(7(13,14)15)4(10)6(12)5(11)2(3)8(16,17)18. The molecule has 0 bridgehead atoms. The monoisotopic (exact) mass is 278 g/mol. The Bertz CT molecular complexity index is 444. The zero-order valence-corrected chi connectivity index (χ0v) is 7.98. The first-order chi connectivity index (χ1) is 7.89. The summed E-state index contributed by atoms with van der Waals surface area (Å²) in [5, 5.41) is 0.